The molecule has 0 atom stereocenters. The van der Waals surface area contributed by atoms with Gasteiger partial charge in [-0.05, 0) is 55.0 Å². The number of anilines is 1. The number of nitrogens with zero attached hydrogens (tertiary/aromatic N) is 2. The van der Waals surface area contributed by atoms with Crippen LogP contribution < -0.4 is 21.1 Å². The van der Waals surface area contributed by atoms with Gasteiger partial charge in [-0.15, -0.1) is 0 Å². The molecule has 4 N–H and O–H groups in total. The lowest BCUT2D eigenvalue weighted by atomic mass is 10.2. The number of aliphatic imine (C=N–C) groups is 1. The monoisotopic (exact) mass is 375 g/mol. The van der Waals surface area contributed by atoms with E-state index in [-0.39, 0.29) is 11.6 Å². The first-order valence-electron chi connectivity index (χ1n) is 8.67. The molecule has 3 aromatic rings. The summed E-state index contributed by atoms with van der Waals surface area (Å²) in [5, 5.41) is 5.59. The van der Waals surface area contributed by atoms with Gasteiger partial charge in [0, 0.05) is 25.0 Å². The molecule has 0 saturated heterocycles. The lowest BCUT2D eigenvalue weighted by Gasteiger charge is -2.08. The minimum atomic E-state index is -0.272. The van der Waals surface area contributed by atoms with Crippen LogP contribution in [0.4, 0.5) is 11.4 Å². The van der Waals surface area contributed by atoms with Gasteiger partial charge in [-0.3, -0.25) is 9.78 Å². The van der Waals surface area contributed by atoms with Crippen LogP contribution in [-0.2, 0) is 0 Å². The topological polar surface area (TPSA) is 102 Å². The maximum Gasteiger partial charge on any atom is 0.269 e. The summed E-state index contributed by atoms with van der Waals surface area (Å²) in [5.41, 5.74) is 8.96. The van der Waals surface area contributed by atoms with Crippen molar-refractivity contribution in [2.75, 3.05) is 12.4 Å². The average molecular weight is 375 g/mol. The van der Waals surface area contributed by atoms with Gasteiger partial charge < -0.3 is 21.1 Å². The number of nitrogens with two attached hydrogens (primary N) is 1. The van der Waals surface area contributed by atoms with Gasteiger partial charge in [0.05, 0.1) is 5.69 Å². The van der Waals surface area contributed by atoms with Crippen LogP contribution in [0.5, 0.6) is 11.5 Å². The SMILES string of the molecule is CNC(=O)c1cc(Oc2ccc(N=C(N)Nc3cccc(C)c3)cc2)ccn1. The van der Waals surface area contributed by atoms with E-state index in [0.29, 0.717) is 23.1 Å². The first-order chi connectivity index (χ1) is 13.5. The molecular weight excluding hydrogens is 354 g/mol. The molecule has 0 aliphatic heterocycles. The Morgan fingerprint density at radius 3 is 2.57 bits per heavy atom. The predicted molar refractivity (Wildman–Crippen MR) is 110 cm³/mol. The minimum Gasteiger partial charge on any atom is -0.457 e. The number of nitrogens with one attached hydrogen (secondary N) is 2. The summed E-state index contributed by atoms with van der Waals surface area (Å²) >= 11 is 0. The Labute approximate surface area is 163 Å². The number of pyridine rings is 1. The van der Waals surface area contributed by atoms with E-state index in [9.17, 15) is 4.79 Å². The van der Waals surface area contributed by atoms with Crippen LogP contribution in [0.2, 0.25) is 0 Å². The quantitative estimate of drug-likeness (QED) is 0.467. The normalized spacial score (nSPS) is 11.0. The number of carbonyl (C=O) groups excluding carboxylic acids is 1. The zero-order valence-corrected chi connectivity index (χ0v) is 15.6. The molecule has 0 saturated carbocycles. The summed E-state index contributed by atoms with van der Waals surface area (Å²) in [5.74, 6) is 1.15. The summed E-state index contributed by atoms with van der Waals surface area (Å²) in [6.07, 6.45) is 1.52. The highest BCUT2D eigenvalue weighted by Gasteiger charge is 2.07. The number of hydrogen-bond acceptors (Lipinski definition) is 4. The first kappa shape index (κ1) is 18.9. The maximum absolute atomic E-state index is 11.7. The highest BCUT2D eigenvalue weighted by atomic mass is 16.5. The molecule has 7 nitrogen and oxygen atoms in total. The molecule has 3 rings (SSSR count). The zero-order valence-electron chi connectivity index (χ0n) is 15.6. The number of aromatic nitrogens is 1. The van der Waals surface area contributed by atoms with E-state index in [0.717, 1.165) is 11.3 Å². The van der Waals surface area contributed by atoms with Crippen molar-refractivity contribution in [1.29, 1.82) is 0 Å². The number of carbonyl (C=O) groups is 1. The van der Waals surface area contributed by atoms with Crippen molar-refractivity contribution in [2.45, 2.75) is 6.92 Å². The fourth-order valence-corrected chi connectivity index (χ4v) is 2.49. The molecule has 0 bridgehead atoms. The molecule has 142 valence electrons. The van der Waals surface area contributed by atoms with E-state index in [2.05, 4.69) is 20.6 Å². The Morgan fingerprint density at radius 2 is 1.86 bits per heavy atom. The average Bonchev–Trinajstić information content (AvgIpc) is 2.69. The molecule has 1 aromatic heterocycles. The van der Waals surface area contributed by atoms with Gasteiger partial charge in [0.25, 0.3) is 5.91 Å². The third-order valence-electron chi connectivity index (χ3n) is 3.80. The van der Waals surface area contributed by atoms with Crippen LogP contribution in [0.15, 0.2) is 71.9 Å². The molecule has 0 radical (unpaired) electrons. The predicted octanol–water partition coefficient (Wildman–Crippen LogP) is 3.60. The highest BCUT2D eigenvalue weighted by molar-refractivity contribution is 5.94. The van der Waals surface area contributed by atoms with E-state index in [1.54, 1.807) is 43.4 Å². The highest BCUT2D eigenvalue weighted by Crippen LogP contribution is 2.24. The largest absolute Gasteiger partial charge is 0.457 e. The van der Waals surface area contributed by atoms with Crippen LogP contribution >= 0.6 is 0 Å². The number of hydrogen-bond donors (Lipinski definition) is 3. The van der Waals surface area contributed by atoms with Crippen molar-refractivity contribution in [2.24, 2.45) is 10.7 Å². The molecule has 28 heavy (non-hydrogen) atoms. The number of rotatable bonds is 5. The van der Waals surface area contributed by atoms with E-state index in [1.165, 1.54) is 6.20 Å². The molecule has 2 aromatic carbocycles. The van der Waals surface area contributed by atoms with Crippen molar-refractivity contribution in [3.05, 3.63) is 78.1 Å². The summed E-state index contributed by atoms with van der Waals surface area (Å²) in [7, 11) is 1.55. The summed E-state index contributed by atoms with van der Waals surface area (Å²) < 4.78 is 5.77. The van der Waals surface area contributed by atoms with Crippen molar-refractivity contribution in [3.63, 3.8) is 0 Å². The number of ether oxygens (including phenoxy) is 1. The number of guanidine groups is 1. The number of benzene rings is 2. The molecule has 0 spiro atoms. The van der Waals surface area contributed by atoms with Gasteiger partial charge in [-0.2, -0.15) is 0 Å². The second-order valence-electron chi connectivity index (χ2n) is 6.04. The van der Waals surface area contributed by atoms with Crippen LogP contribution in [0.25, 0.3) is 0 Å². The van der Waals surface area contributed by atoms with Gasteiger partial charge in [0.1, 0.15) is 17.2 Å². The van der Waals surface area contributed by atoms with Crippen molar-refractivity contribution < 1.29 is 9.53 Å². The van der Waals surface area contributed by atoms with E-state index in [4.69, 9.17) is 10.5 Å². The molecule has 0 unspecified atom stereocenters. The summed E-state index contributed by atoms with van der Waals surface area (Å²) in [6, 6.07) is 18.3. The molecule has 0 aliphatic rings. The van der Waals surface area contributed by atoms with Crippen LogP contribution in [-0.4, -0.2) is 23.9 Å². The Balaban J connectivity index is 1.67. The standard InChI is InChI=1S/C21H21N5O2/c1-14-4-3-5-16(12-14)26-21(22)25-15-6-8-17(9-7-15)28-18-10-11-24-19(13-18)20(27)23-2/h3-13H,1-2H3,(H,23,27)(H3,22,25,26). The molecule has 1 heterocycles. The lowest BCUT2D eigenvalue weighted by Crippen LogP contribution is -2.21. The smallest absolute Gasteiger partial charge is 0.269 e. The van der Waals surface area contributed by atoms with E-state index < -0.39 is 0 Å². The third-order valence-corrected chi connectivity index (χ3v) is 3.80. The molecule has 0 fully saturated rings. The van der Waals surface area contributed by atoms with Crippen LogP contribution in [0, 0.1) is 6.92 Å². The minimum absolute atomic E-state index is 0.272. The summed E-state index contributed by atoms with van der Waals surface area (Å²) in [6.45, 7) is 2.01. The fourth-order valence-electron chi connectivity index (χ4n) is 2.49. The second-order valence-corrected chi connectivity index (χ2v) is 6.04. The first-order valence-corrected chi connectivity index (χ1v) is 8.67. The van der Waals surface area contributed by atoms with E-state index >= 15 is 0 Å². The molecule has 0 aliphatic carbocycles. The van der Waals surface area contributed by atoms with Crippen molar-refractivity contribution in [3.8, 4) is 11.5 Å². The molecular formula is C21H21N5O2. The molecule has 7 heteroatoms. The fraction of sp³-hybridized carbons (Fsp3) is 0.0952. The Kier molecular flexibility index (Phi) is 5.86. The third kappa shape index (κ3) is 5.07. The Morgan fingerprint density at radius 1 is 1.07 bits per heavy atom. The zero-order chi connectivity index (χ0) is 19.9. The second kappa shape index (κ2) is 8.68. The maximum atomic E-state index is 11.7. The Hall–Kier alpha value is -3.87. The number of aryl methyl sites for hydroxylation is 1. The van der Waals surface area contributed by atoms with Gasteiger partial charge >= 0.3 is 0 Å². The Bertz CT molecular complexity index is 1000. The van der Waals surface area contributed by atoms with Crippen LogP contribution in [0.3, 0.4) is 0 Å². The number of amides is 1. The summed E-state index contributed by atoms with van der Waals surface area (Å²) in [4.78, 5) is 20.0. The van der Waals surface area contributed by atoms with Crippen molar-refractivity contribution in [1.82, 2.24) is 10.3 Å². The van der Waals surface area contributed by atoms with Crippen LogP contribution in [0.1, 0.15) is 16.1 Å². The van der Waals surface area contributed by atoms with Gasteiger partial charge in [0.2, 0.25) is 0 Å². The lowest BCUT2D eigenvalue weighted by molar-refractivity contribution is 0.0958. The van der Waals surface area contributed by atoms with Gasteiger partial charge in [-0.1, -0.05) is 12.1 Å². The van der Waals surface area contributed by atoms with Gasteiger partial charge in [0.15, 0.2) is 5.96 Å². The molecule has 1 amide bonds. The van der Waals surface area contributed by atoms with E-state index in [1.807, 2.05) is 31.2 Å². The van der Waals surface area contributed by atoms with Crippen molar-refractivity contribution >= 4 is 23.2 Å². The van der Waals surface area contributed by atoms with Gasteiger partial charge in [-0.25, -0.2) is 4.99 Å².